The van der Waals surface area contributed by atoms with Crippen LogP contribution < -0.4 is 10.2 Å². The van der Waals surface area contributed by atoms with Crippen LogP contribution in [-0.2, 0) is 9.53 Å². The fraction of sp³-hybridized carbons (Fsp3) is 0.200. The van der Waals surface area contributed by atoms with Crippen molar-refractivity contribution in [2.24, 2.45) is 0 Å². The van der Waals surface area contributed by atoms with Crippen LogP contribution in [0, 0.1) is 21.4 Å². The topological polar surface area (TPSA) is 108 Å². The molecule has 28 heavy (non-hydrogen) atoms. The number of nitriles is 1. The second kappa shape index (κ2) is 8.79. The molecule has 0 unspecified atom stereocenters. The SMILES string of the molecule is N#CC(=Cc1cc([N+](=O)[O-])ccc1N1CCOCC1)C(=O)Nc1ccccc1. The van der Waals surface area contributed by atoms with Crippen LogP contribution in [0.4, 0.5) is 17.1 Å². The largest absolute Gasteiger partial charge is 0.378 e. The molecule has 0 atom stereocenters. The molecule has 2 aromatic rings. The molecule has 1 saturated heterocycles. The first-order chi connectivity index (χ1) is 13.6. The van der Waals surface area contributed by atoms with E-state index in [9.17, 15) is 20.2 Å². The maximum absolute atomic E-state index is 12.5. The van der Waals surface area contributed by atoms with E-state index in [0.717, 1.165) is 0 Å². The van der Waals surface area contributed by atoms with Gasteiger partial charge in [0.2, 0.25) is 0 Å². The molecule has 0 bridgehead atoms. The number of anilines is 2. The number of nitrogens with one attached hydrogen (secondary N) is 1. The van der Waals surface area contributed by atoms with E-state index in [1.54, 1.807) is 30.3 Å². The summed E-state index contributed by atoms with van der Waals surface area (Å²) in [6.07, 6.45) is 1.38. The number of benzene rings is 2. The van der Waals surface area contributed by atoms with Crippen LogP contribution in [0.25, 0.3) is 6.08 Å². The molecule has 1 heterocycles. The van der Waals surface area contributed by atoms with Gasteiger partial charge in [0.05, 0.1) is 18.1 Å². The molecule has 1 aliphatic heterocycles. The smallest absolute Gasteiger partial charge is 0.270 e. The molecular weight excluding hydrogens is 360 g/mol. The number of para-hydroxylation sites is 1. The number of nitrogens with zero attached hydrogens (tertiary/aromatic N) is 3. The van der Waals surface area contributed by atoms with Gasteiger partial charge in [-0.2, -0.15) is 5.26 Å². The monoisotopic (exact) mass is 378 g/mol. The van der Waals surface area contributed by atoms with Gasteiger partial charge in [-0.25, -0.2) is 0 Å². The van der Waals surface area contributed by atoms with Gasteiger partial charge in [0.1, 0.15) is 11.6 Å². The Morgan fingerprint density at radius 2 is 1.93 bits per heavy atom. The number of rotatable bonds is 5. The van der Waals surface area contributed by atoms with Crippen molar-refractivity contribution >= 4 is 29.0 Å². The van der Waals surface area contributed by atoms with E-state index >= 15 is 0 Å². The zero-order chi connectivity index (χ0) is 19.9. The van der Waals surface area contributed by atoms with Crippen LogP contribution in [0.5, 0.6) is 0 Å². The average Bonchev–Trinajstić information content (AvgIpc) is 2.73. The molecule has 142 valence electrons. The normalized spacial score (nSPS) is 14.2. The van der Waals surface area contributed by atoms with Gasteiger partial charge >= 0.3 is 0 Å². The van der Waals surface area contributed by atoms with E-state index in [2.05, 4.69) is 5.32 Å². The highest BCUT2D eigenvalue weighted by atomic mass is 16.6. The predicted molar refractivity (Wildman–Crippen MR) is 105 cm³/mol. The molecule has 0 radical (unpaired) electrons. The van der Waals surface area contributed by atoms with Crippen molar-refractivity contribution < 1.29 is 14.5 Å². The number of morpholine rings is 1. The summed E-state index contributed by atoms with van der Waals surface area (Å²) < 4.78 is 5.35. The summed E-state index contributed by atoms with van der Waals surface area (Å²) in [5.41, 5.74) is 1.47. The quantitative estimate of drug-likeness (QED) is 0.371. The fourth-order valence-electron chi connectivity index (χ4n) is 2.89. The summed E-state index contributed by atoms with van der Waals surface area (Å²) >= 11 is 0. The standard InChI is InChI=1S/C20H18N4O4/c21-14-16(20(25)22-17-4-2-1-3-5-17)12-15-13-18(24(26)27)6-7-19(15)23-8-10-28-11-9-23/h1-7,12-13H,8-11H2,(H,22,25). The first-order valence-electron chi connectivity index (χ1n) is 8.68. The fourth-order valence-corrected chi connectivity index (χ4v) is 2.89. The number of carbonyl (C=O) groups is 1. The summed E-state index contributed by atoms with van der Waals surface area (Å²) in [5.74, 6) is -0.576. The number of hydrogen-bond donors (Lipinski definition) is 1. The summed E-state index contributed by atoms with van der Waals surface area (Å²) in [4.78, 5) is 25.2. The summed E-state index contributed by atoms with van der Waals surface area (Å²) in [7, 11) is 0. The molecule has 1 aliphatic rings. The predicted octanol–water partition coefficient (Wildman–Crippen LogP) is 2.98. The molecule has 3 rings (SSSR count). The zero-order valence-corrected chi connectivity index (χ0v) is 15.0. The third-order valence-electron chi connectivity index (χ3n) is 4.27. The molecule has 1 amide bonds. The Balaban J connectivity index is 1.96. The molecule has 1 fully saturated rings. The Hall–Kier alpha value is -3.70. The lowest BCUT2D eigenvalue weighted by atomic mass is 10.1. The Kier molecular flexibility index (Phi) is 5.99. The van der Waals surface area contributed by atoms with Crippen LogP contribution in [-0.4, -0.2) is 37.1 Å². The summed E-state index contributed by atoms with van der Waals surface area (Å²) in [6.45, 7) is 2.33. The molecule has 0 aliphatic carbocycles. The van der Waals surface area contributed by atoms with Crippen molar-refractivity contribution in [2.45, 2.75) is 0 Å². The number of nitro benzene ring substituents is 1. The minimum Gasteiger partial charge on any atom is -0.378 e. The highest BCUT2D eigenvalue weighted by Gasteiger charge is 2.19. The Morgan fingerprint density at radius 1 is 1.21 bits per heavy atom. The van der Waals surface area contributed by atoms with Gasteiger partial charge in [-0.05, 0) is 24.3 Å². The van der Waals surface area contributed by atoms with Crippen molar-refractivity contribution in [3.05, 3.63) is 69.8 Å². The number of non-ortho nitro benzene ring substituents is 1. The highest BCUT2D eigenvalue weighted by molar-refractivity contribution is 6.10. The van der Waals surface area contributed by atoms with Gasteiger partial charge in [0.25, 0.3) is 11.6 Å². The maximum Gasteiger partial charge on any atom is 0.270 e. The third-order valence-corrected chi connectivity index (χ3v) is 4.27. The van der Waals surface area contributed by atoms with E-state index in [0.29, 0.717) is 43.2 Å². The molecule has 0 saturated carbocycles. The number of amides is 1. The average molecular weight is 378 g/mol. The Morgan fingerprint density at radius 3 is 2.57 bits per heavy atom. The van der Waals surface area contributed by atoms with Gasteiger partial charge in [-0.3, -0.25) is 14.9 Å². The van der Waals surface area contributed by atoms with Crippen LogP contribution in [0.2, 0.25) is 0 Å². The van der Waals surface area contributed by atoms with E-state index in [4.69, 9.17) is 4.74 Å². The van der Waals surface area contributed by atoms with Gasteiger partial charge < -0.3 is 15.0 Å². The molecule has 0 aromatic heterocycles. The molecule has 2 aromatic carbocycles. The molecule has 0 spiro atoms. The van der Waals surface area contributed by atoms with Crippen molar-refractivity contribution in [1.82, 2.24) is 0 Å². The number of ether oxygens (including phenoxy) is 1. The summed E-state index contributed by atoms with van der Waals surface area (Å²) in [5, 5.41) is 23.3. The van der Waals surface area contributed by atoms with Crippen LogP contribution in [0.3, 0.4) is 0 Å². The van der Waals surface area contributed by atoms with E-state index in [-0.39, 0.29) is 11.3 Å². The van der Waals surface area contributed by atoms with Gasteiger partial charge in [0, 0.05) is 42.2 Å². The number of nitro groups is 1. The zero-order valence-electron chi connectivity index (χ0n) is 15.0. The lowest BCUT2D eigenvalue weighted by molar-refractivity contribution is -0.384. The highest BCUT2D eigenvalue weighted by Crippen LogP contribution is 2.28. The van der Waals surface area contributed by atoms with E-state index < -0.39 is 10.8 Å². The first-order valence-corrected chi connectivity index (χ1v) is 8.68. The third kappa shape index (κ3) is 4.52. The summed E-state index contributed by atoms with van der Waals surface area (Å²) in [6, 6.07) is 15.1. The lowest BCUT2D eigenvalue weighted by Gasteiger charge is -2.30. The van der Waals surface area contributed by atoms with Gasteiger partial charge in [-0.15, -0.1) is 0 Å². The van der Waals surface area contributed by atoms with Gasteiger partial charge in [-0.1, -0.05) is 18.2 Å². The lowest BCUT2D eigenvalue weighted by Crippen LogP contribution is -2.36. The van der Waals surface area contributed by atoms with Crippen LogP contribution in [0.15, 0.2) is 54.1 Å². The van der Waals surface area contributed by atoms with Crippen molar-refractivity contribution in [3.63, 3.8) is 0 Å². The second-order valence-corrected chi connectivity index (χ2v) is 6.09. The van der Waals surface area contributed by atoms with Crippen molar-refractivity contribution in [1.29, 1.82) is 5.26 Å². The van der Waals surface area contributed by atoms with Crippen LogP contribution in [0.1, 0.15) is 5.56 Å². The van der Waals surface area contributed by atoms with E-state index in [1.807, 2.05) is 17.0 Å². The maximum atomic E-state index is 12.5. The molecular formula is C20H18N4O4. The minimum atomic E-state index is -0.576. The Bertz CT molecular complexity index is 944. The number of hydrogen-bond acceptors (Lipinski definition) is 6. The van der Waals surface area contributed by atoms with Gasteiger partial charge in [0.15, 0.2) is 0 Å². The minimum absolute atomic E-state index is 0.107. The molecule has 1 N–H and O–H groups in total. The molecule has 8 nitrogen and oxygen atoms in total. The van der Waals surface area contributed by atoms with Crippen LogP contribution >= 0.6 is 0 Å². The van der Waals surface area contributed by atoms with Crippen molar-refractivity contribution in [2.75, 3.05) is 36.5 Å². The van der Waals surface area contributed by atoms with E-state index in [1.165, 1.54) is 18.2 Å². The molecule has 8 heteroatoms. The van der Waals surface area contributed by atoms with Crippen molar-refractivity contribution in [3.8, 4) is 6.07 Å². The second-order valence-electron chi connectivity index (χ2n) is 6.09. The number of carbonyl (C=O) groups excluding carboxylic acids is 1. The first kappa shape index (κ1) is 19.1. The Labute approximate surface area is 161 Å².